The van der Waals surface area contributed by atoms with E-state index in [-0.39, 0.29) is 6.10 Å². The summed E-state index contributed by atoms with van der Waals surface area (Å²) in [6, 6.07) is 32.2. The lowest BCUT2D eigenvalue weighted by Crippen LogP contribution is -2.37. The zero-order chi connectivity index (χ0) is 22.9. The highest BCUT2D eigenvalue weighted by Gasteiger charge is 2.39. The third-order valence-corrected chi connectivity index (χ3v) is 7.51. The summed E-state index contributed by atoms with van der Waals surface area (Å²) in [5.74, 6) is 1.57. The summed E-state index contributed by atoms with van der Waals surface area (Å²) in [4.78, 5) is 0. The molecule has 1 aliphatic carbocycles. The van der Waals surface area contributed by atoms with Crippen molar-refractivity contribution in [3.8, 4) is 0 Å². The lowest BCUT2D eigenvalue weighted by Gasteiger charge is -2.39. The maximum Gasteiger partial charge on any atom is 0.144 e. The average Bonchev–Trinajstić information content (AvgIpc) is 3.08. The Morgan fingerprint density at radius 3 is 1.79 bits per heavy atom. The predicted molar refractivity (Wildman–Crippen MR) is 148 cm³/mol. The molecule has 0 spiro atoms. The molecule has 4 rings (SSSR count). The number of hydrogen-bond acceptors (Lipinski definition) is 1. The van der Waals surface area contributed by atoms with E-state index in [1.807, 2.05) is 0 Å². The van der Waals surface area contributed by atoms with Crippen LogP contribution in [-0.4, -0.2) is 6.10 Å². The fourth-order valence-electron chi connectivity index (χ4n) is 5.32. The number of hydrogen-bond donors (Lipinski definition) is 0. The summed E-state index contributed by atoms with van der Waals surface area (Å²) in [6.07, 6.45) is 10.0. The van der Waals surface area contributed by atoms with Crippen molar-refractivity contribution in [1.82, 2.24) is 0 Å². The molecule has 1 fully saturated rings. The van der Waals surface area contributed by atoms with E-state index in [9.17, 15) is 0 Å². The number of benzene rings is 3. The van der Waals surface area contributed by atoms with Crippen LogP contribution in [-0.2, 0) is 10.3 Å². The number of ether oxygens (including phenoxy) is 1. The first-order valence-electron chi connectivity index (χ1n) is 12.3. The highest BCUT2D eigenvalue weighted by atomic mass is 127. The van der Waals surface area contributed by atoms with Crippen molar-refractivity contribution in [3.63, 3.8) is 0 Å². The second kappa shape index (κ2) is 12.0. The van der Waals surface area contributed by atoms with E-state index in [0.29, 0.717) is 5.92 Å². The number of rotatable bonds is 8. The standard InChI is InChI=1S/C31H35IO/c1-25-12-11-13-26(21-20-25)24-30(22-23-32)33-31(27-14-5-2-6-15-27,28-16-7-3-8-17-28)29-18-9-4-10-19-29/h2-10,14-19,22-23,25-26,30H,11-13,20-21,24H2,1H3/b23-22+. The second-order valence-electron chi connectivity index (χ2n) is 9.47. The van der Waals surface area contributed by atoms with Gasteiger partial charge in [0.05, 0.1) is 6.10 Å². The Morgan fingerprint density at radius 1 is 0.788 bits per heavy atom. The molecular formula is C31H35IO. The fourth-order valence-corrected chi connectivity index (χ4v) is 5.79. The van der Waals surface area contributed by atoms with E-state index in [4.69, 9.17) is 4.74 Å². The largest absolute Gasteiger partial charge is 0.354 e. The fraction of sp³-hybridized carbons (Fsp3) is 0.355. The Morgan fingerprint density at radius 2 is 1.30 bits per heavy atom. The summed E-state index contributed by atoms with van der Waals surface area (Å²) in [5.41, 5.74) is 2.85. The molecule has 3 atom stereocenters. The molecule has 0 aliphatic heterocycles. The Bertz CT molecular complexity index is 887. The maximum absolute atomic E-state index is 7.32. The zero-order valence-electron chi connectivity index (χ0n) is 19.6. The van der Waals surface area contributed by atoms with Crippen LogP contribution in [0, 0.1) is 11.8 Å². The first kappa shape index (κ1) is 24.2. The molecular weight excluding hydrogens is 515 g/mol. The van der Waals surface area contributed by atoms with E-state index in [1.54, 1.807) is 0 Å². The first-order chi connectivity index (χ1) is 16.2. The molecule has 2 heteroatoms. The van der Waals surface area contributed by atoms with Crippen LogP contribution in [0.2, 0.25) is 0 Å². The van der Waals surface area contributed by atoms with Gasteiger partial charge in [-0.2, -0.15) is 0 Å². The highest BCUT2D eigenvalue weighted by molar-refractivity contribution is 14.1. The smallest absolute Gasteiger partial charge is 0.144 e. The van der Waals surface area contributed by atoms with Crippen LogP contribution in [0.1, 0.15) is 62.1 Å². The van der Waals surface area contributed by atoms with Crippen LogP contribution in [0.3, 0.4) is 0 Å². The van der Waals surface area contributed by atoms with Gasteiger partial charge in [-0.15, -0.1) is 0 Å². The zero-order valence-corrected chi connectivity index (χ0v) is 21.7. The van der Waals surface area contributed by atoms with Crippen LogP contribution >= 0.6 is 22.6 Å². The SMILES string of the molecule is CC1CCCC(CC(/C=C/I)OC(c2ccccc2)(c2ccccc2)c2ccccc2)CC1. The Balaban J connectivity index is 1.78. The minimum atomic E-state index is -0.664. The first-order valence-corrected chi connectivity index (χ1v) is 13.6. The van der Waals surface area contributed by atoms with Gasteiger partial charge in [0, 0.05) is 0 Å². The molecule has 0 saturated heterocycles. The van der Waals surface area contributed by atoms with Gasteiger partial charge in [0.1, 0.15) is 5.60 Å². The van der Waals surface area contributed by atoms with Crippen LogP contribution in [0.25, 0.3) is 0 Å². The van der Waals surface area contributed by atoms with E-state index < -0.39 is 5.60 Å². The van der Waals surface area contributed by atoms with Gasteiger partial charge in [-0.3, -0.25) is 0 Å². The van der Waals surface area contributed by atoms with Crippen molar-refractivity contribution in [2.75, 3.05) is 0 Å². The van der Waals surface area contributed by atoms with Crippen molar-refractivity contribution < 1.29 is 4.74 Å². The van der Waals surface area contributed by atoms with Crippen molar-refractivity contribution in [2.24, 2.45) is 11.8 Å². The molecule has 3 unspecified atom stereocenters. The van der Waals surface area contributed by atoms with E-state index in [2.05, 4.69) is 131 Å². The summed E-state index contributed by atoms with van der Waals surface area (Å²) in [7, 11) is 0. The quantitative estimate of drug-likeness (QED) is 0.155. The van der Waals surface area contributed by atoms with Crippen LogP contribution in [0.5, 0.6) is 0 Å². The van der Waals surface area contributed by atoms with Crippen molar-refractivity contribution in [2.45, 2.75) is 57.2 Å². The molecule has 0 bridgehead atoms. The molecule has 0 N–H and O–H groups in total. The second-order valence-corrected chi connectivity index (χ2v) is 10.2. The Hall–Kier alpha value is -1.91. The van der Waals surface area contributed by atoms with Crippen LogP contribution in [0.4, 0.5) is 0 Å². The molecule has 0 radical (unpaired) electrons. The molecule has 0 amide bonds. The molecule has 1 nitrogen and oxygen atoms in total. The maximum atomic E-state index is 7.32. The molecule has 0 aromatic heterocycles. The molecule has 1 aliphatic rings. The summed E-state index contributed by atoms with van der Waals surface area (Å²) in [6.45, 7) is 2.41. The van der Waals surface area contributed by atoms with Gasteiger partial charge in [0.15, 0.2) is 0 Å². The van der Waals surface area contributed by atoms with Gasteiger partial charge < -0.3 is 4.74 Å². The Labute approximate surface area is 213 Å². The van der Waals surface area contributed by atoms with Gasteiger partial charge >= 0.3 is 0 Å². The summed E-state index contributed by atoms with van der Waals surface area (Å²) < 4.78 is 9.45. The molecule has 0 heterocycles. The summed E-state index contributed by atoms with van der Waals surface area (Å²) in [5, 5.41) is 0. The van der Waals surface area contributed by atoms with Crippen LogP contribution < -0.4 is 0 Å². The lowest BCUT2D eigenvalue weighted by molar-refractivity contribution is -0.0348. The van der Waals surface area contributed by atoms with Gasteiger partial charge in [0.2, 0.25) is 0 Å². The van der Waals surface area contributed by atoms with Crippen molar-refractivity contribution in [1.29, 1.82) is 0 Å². The van der Waals surface area contributed by atoms with E-state index in [0.717, 1.165) is 12.3 Å². The van der Waals surface area contributed by atoms with Gasteiger partial charge in [0.25, 0.3) is 0 Å². The highest BCUT2D eigenvalue weighted by Crippen LogP contribution is 2.43. The molecule has 3 aromatic carbocycles. The minimum Gasteiger partial charge on any atom is -0.354 e. The lowest BCUT2D eigenvalue weighted by atomic mass is 9.79. The van der Waals surface area contributed by atoms with Gasteiger partial charge in [-0.05, 0) is 45.1 Å². The topological polar surface area (TPSA) is 9.23 Å². The molecule has 3 aromatic rings. The predicted octanol–water partition coefficient (Wildman–Crippen LogP) is 8.92. The Kier molecular flexibility index (Phi) is 8.80. The van der Waals surface area contributed by atoms with E-state index >= 15 is 0 Å². The average molecular weight is 551 g/mol. The van der Waals surface area contributed by atoms with Gasteiger partial charge in [-0.25, -0.2) is 0 Å². The van der Waals surface area contributed by atoms with Crippen LogP contribution in [0.15, 0.2) is 101 Å². The van der Waals surface area contributed by atoms with Gasteiger partial charge in [-0.1, -0.05) is 153 Å². The van der Waals surface area contributed by atoms with Crippen molar-refractivity contribution >= 4 is 22.6 Å². The molecule has 1 saturated carbocycles. The normalized spacial score (nSPS) is 20.4. The third-order valence-electron chi connectivity index (χ3n) is 7.10. The monoisotopic (exact) mass is 550 g/mol. The summed E-state index contributed by atoms with van der Waals surface area (Å²) >= 11 is 2.34. The minimum absolute atomic E-state index is 0.0425. The van der Waals surface area contributed by atoms with Crippen molar-refractivity contribution in [3.05, 3.63) is 118 Å². The number of halogens is 1. The van der Waals surface area contributed by atoms with E-state index in [1.165, 1.54) is 48.8 Å². The molecule has 172 valence electrons. The third kappa shape index (κ3) is 5.96. The molecule has 33 heavy (non-hydrogen) atoms.